The van der Waals surface area contributed by atoms with Crippen LogP contribution in [0.2, 0.25) is 0 Å². The number of aliphatic carboxylic acids is 1. The van der Waals surface area contributed by atoms with Crippen LogP contribution in [-0.2, 0) is 16.9 Å². The fraction of sp³-hybridized carbons (Fsp3) is 0.385. The molecule has 2 aliphatic heterocycles. The van der Waals surface area contributed by atoms with Crippen molar-refractivity contribution in [3.63, 3.8) is 0 Å². The second-order valence-electron chi connectivity index (χ2n) is 9.39. The van der Waals surface area contributed by atoms with Crippen molar-refractivity contribution in [3.05, 3.63) is 66.4 Å². The number of piperidine rings is 1. The number of para-hydroxylation sites is 1. The molecule has 1 fully saturated rings. The lowest BCUT2D eigenvalue weighted by atomic mass is 9.83. The number of carbonyl (C=O) groups is 2. The summed E-state index contributed by atoms with van der Waals surface area (Å²) in [5.74, 6) is -1.39. The number of carboxylic acid groups (broad SMARTS) is 1. The first kappa shape index (κ1) is 26.2. The summed E-state index contributed by atoms with van der Waals surface area (Å²) in [5, 5.41) is 7.12. The summed E-state index contributed by atoms with van der Waals surface area (Å²) in [5.41, 5.74) is 3.25. The van der Waals surface area contributed by atoms with Crippen molar-refractivity contribution < 1.29 is 32.6 Å². The molecule has 2 aromatic heterocycles. The third-order valence-corrected chi connectivity index (χ3v) is 6.26. The van der Waals surface area contributed by atoms with Crippen molar-refractivity contribution >= 4 is 11.9 Å². The van der Waals surface area contributed by atoms with Gasteiger partial charge in [-0.2, -0.15) is 13.2 Å². The Morgan fingerprint density at radius 2 is 1.73 bits per heavy atom. The van der Waals surface area contributed by atoms with E-state index in [4.69, 9.17) is 19.6 Å². The summed E-state index contributed by atoms with van der Waals surface area (Å²) in [7, 11) is 0. The van der Waals surface area contributed by atoms with E-state index in [0.717, 1.165) is 42.1 Å². The third kappa shape index (κ3) is 5.45. The summed E-state index contributed by atoms with van der Waals surface area (Å²) >= 11 is 0. The van der Waals surface area contributed by atoms with Crippen molar-refractivity contribution in [1.82, 2.24) is 19.4 Å². The van der Waals surface area contributed by atoms with Gasteiger partial charge in [-0.1, -0.05) is 32.0 Å². The molecule has 11 heteroatoms. The second kappa shape index (κ2) is 10.2. The number of pyridine rings is 1. The number of hydrogen-bond acceptors (Lipinski definition) is 5. The zero-order valence-corrected chi connectivity index (χ0v) is 20.4. The quantitative estimate of drug-likeness (QED) is 0.539. The zero-order valence-electron chi connectivity index (χ0n) is 20.4. The van der Waals surface area contributed by atoms with Gasteiger partial charge in [-0.3, -0.25) is 9.78 Å². The number of aromatic nitrogens is 3. The minimum absolute atomic E-state index is 0.0161. The summed E-state index contributed by atoms with van der Waals surface area (Å²) in [6.45, 7) is 6.58. The maximum absolute atomic E-state index is 12.9. The van der Waals surface area contributed by atoms with Crippen LogP contribution in [0, 0.1) is 5.92 Å². The Balaban J connectivity index is 0.000000405. The standard InChI is InChI=1S/C24H26N4O2.C2HF3O2/c1-17(2)15-28-16-26-21-18-7-3-4-9-20(18)30-24(22(21)28)10-13-27(14-11-24)23(29)19-8-5-6-12-25-19;3-2(4,5)1(6)7/h3-9,12,16-17H,10-11,13-15H2,1-2H3;(H,6,7). The van der Waals surface area contributed by atoms with E-state index in [0.29, 0.717) is 24.7 Å². The number of benzene rings is 1. The van der Waals surface area contributed by atoms with Crippen LogP contribution in [0.25, 0.3) is 11.3 Å². The minimum Gasteiger partial charge on any atom is -0.480 e. The fourth-order valence-corrected chi connectivity index (χ4v) is 4.66. The number of carboxylic acids is 1. The van der Waals surface area contributed by atoms with Crippen LogP contribution in [0.1, 0.15) is 42.9 Å². The summed E-state index contributed by atoms with van der Waals surface area (Å²) < 4.78 is 40.7. The van der Waals surface area contributed by atoms with Gasteiger partial charge in [-0.15, -0.1) is 0 Å². The molecule has 5 rings (SSSR count). The summed E-state index contributed by atoms with van der Waals surface area (Å²) in [6, 6.07) is 13.6. The van der Waals surface area contributed by atoms with Gasteiger partial charge in [0.15, 0.2) is 5.60 Å². The molecular weight excluding hydrogens is 489 g/mol. The number of hydrogen-bond donors (Lipinski definition) is 1. The number of ether oxygens (including phenoxy) is 1. The van der Waals surface area contributed by atoms with Gasteiger partial charge in [0, 0.05) is 44.2 Å². The van der Waals surface area contributed by atoms with E-state index in [9.17, 15) is 18.0 Å². The number of likely N-dealkylation sites (tertiary alicyclic amines) is 1. The molecule has 4 heterocycles. The molecule has 8 nitrogen and oxygen atoms in total. The minimum atomic E-state index is -5.08. The molecule has 3 aromatic rings. The monoisotopic (exact) mass is 516 g/mol. The van der Waals surface area contributed by atoms with Crippen molar-refractivity contribution in [2.24, 2.45) is 5.92 Å². The topological polar surface area (TPSA) is 97.5 Å². The molecule has 0 aliphatic carbocycles. The second-order valence-corrected chi connectivity index (χ2v) is 9.39. The average Bonchev–Trinajstić information content (AvgIpc) is 3.29. The molecular formula is C26H27F3N4O4. The van der Waals surface area contributed by atoms with E-state index < -0.39 is 17.7 Å². The van der Waals surface area contributed by atoms with Crippen molar-refractivity contribution in [1.29, 1.82) is 0 Å². The van der Waals surface area contributed by atoms with Crippen LogP contribution in [-0.4, -0.2) is 55.7 Å². The largest absolute Gasteiger partial charge is 0.490 e. The Morgan fingerprint density at radius 3 is 2.32 bits per heavy atom. The van der Waals surface area contributed by atoms with Gasteiger partial charge >= 0.3 is 12.1 Å². The average molecular weight is 517 g/mol. The summed E-state index contributed by atoms with van der Waals surface area (Å²) in [6.07, 6.45) is -0.00666. The number of amides is 1. The normalized spacial score (nSPS) is 15.8. The highest BCUT2D eigenvalue weighted by molar-refractivity contribution is 5.92. The van der Waals surface area contributed by atoms with E-state index >= 15 is 0 Å². The van der Waals surface area contributed by atoms with E-state index in [2.05, 4.69) is 29.5 Å². The molecule has 0 bridgehead atoms. The Bertz CT molecular complexity index is 1270. The smallest absolute Gasteiger partial charge is 0.480 e. The fourth-order valence-electron chi connectivity index (χ4n) is 4.66. The van der Waals surface area contributed by atoms with Crippen LogP contribution in [0.5, 0.6) is 5.75 Å². The molecule has 1 aromatic carbocycles. The van der Waals surface area contributed by atoms with Gasteiger partial charge in [0.1, 0.15) is 11.4 Å². The highest BCUT2D eigenvalue weighted by atomic mass is 19.4. The Morgan fingerprint density at radius 1 is 1.08 bits per heavy atom. The zero-order chi connectivity index (χ0) is 26.8. The lowest BCUT2D eigenvalue weighted by Crippen LogP contribution is -2.50. The first-order valence-corrected chi connectivity index (χ1v) is 11.9. The van der Waals surface area contributed by atoms with E-state index in [1.165, 1.54) is 0 Å². The van der Waals surface area contributed by atoms with Crippen LogP contribution < -0.4 is 4.74 Å². The lowest BCUT2D eigenvalue weighted by Gasteiger charge is -2.44. The van der Waals surface area contributed by atoms with Crippen LogP contribution in [0.3, 0.4) is 0 Å². The van der Waals surface area contributed by atoms with E-state index in [1.54, 1.807) is 12.3 Å². The molecule has 0 radical (unpaired) electrons. The number of rotatable bonds is 3. The Hall–Kier alpha value is -3.89. The number of alkyl halides is 3. The van der Waals surface area contributed by atoms with Gasteiger partial charge in [0.05, 0.1) is 17.7 Å². The third-order valence-electron chi connectivity index (χ3n) is 6.26. The number of halogens is 3. The maximum atomic E-state index is 12.9. The predicted octanol–water partition coefficient (Wildman–Crippen LogP) is 4.76. The van der Waals surface area contributed by atoms with Gasteiger partial charge < -0.3 is 19.3 Å². The molecule has 37 heavy (non-hydrogen) atoms. The lowest BCUT2D eigenvalue weighted by molar-refractivity contribution is -0.192. The first-order valence-electron chi connectivity index (χ1n) is 11.9. The van der Waals surface area contributed by atoms with Crippen LogP contribution in [0.15, 0.2) is 55.0 Å². The molecule has 1 spiro atoms. The number of imidazole rings is 1. The molecule has 196 valence electrons. The van der Waals surface area contributed by atoms with Gasteiger partial charge in [-0.25, -0.2) is 9.78 Å². The molecule has 0 atom stereocenters. The molecule has 0 saturated carbocycles. The Labute approximate surface area is 211 Å². The van der Waals surface area contributed by atoms with Crippen LogP contribution in [0.4, 0.5) is 13.2 Å². The number of fused-ring (bicyclic) bond motifs is 4. The highest BCUT2D eigenvalue weighted by Gasteiger charge is 2.47. The first-order chi connectivity index (χ1) is 17.5. The number of nitrogens with zero attached hydrogens (tertiary/aromatic N) is 4. The highest BCUT2D eigenvalue weighted by Crippen LogP contribution is 2.49. The van der Waals surface area contributed by atoms with Crippen molar-refractivity contribution in [3.8, 4) is 17.0 Å². The van der Waals surface area contributed by atoms with Crippen molar-refractivity contribution in [2.75, 3.05) is 13.1 Å². The molecule has 0 unspecified atom stereocenters. The molecule has 2 aliphatic rings. The Kier molecular flexibility index (Phi) is 7.24. The maximum Gasteiger partial charge on any atom is 0.490 e. The van der Waals surface area contributed by atoms with Gasteiger partial charge in [0.25, 0.3) is 5.91 Å². The molecule has 1 saturated heterocycles. The SMILES string of the molecule is CC(C)Cn1cnc2c1C1(CCN(C(=O)c3ccccn3)CC1)Oc1ccccc1-2.O=C(O)C(F)(F)F. The molecule has 1 N–H and O–H groups in total. The van der Waals surface area contributed by atoms with Gasteiger partial charge in [0.2, 0.25) is 0 Å². The predicted molar refractivity (Wildman–Crippen MR) is 128 cm³/mol. The summed E-state index contributed by atoms with van der Waals surface area (Å²) in [4.78, 5) is 32.7. The van der Waals surface area contributed by atoms with E-state index in [-0.39, 0.29) is 5.91 Å². The van der Waals surface area contributed by atoms with Gasteiger partial charge in [-0.05, 0) is 30.2 Å². The van der Waals surface area contributed by atoms with E-state index in [1.807, 2.05) is 41.6 Å². The molecule has 1 amide bonds. The van der Waals surface area contributed by atoms with Crippen LogP contribution >= 0.6 is 0 Å². The van der Waals surface area contributed by atoms with Crippen molar-refractivity contribution in [2.45, 2.75) is 45.0 Å². The number of carbonyl (C=O) groups excluding carboxylic acids is 1.